The maximum atomic E-state index is 12.3. The summed E-state index contributed by atoms with van der Waals surface area (Å²) in [7, 11) is 0. The summed E-state index contributed by atoms with van der Waals surface area (Å²) < 4.78 is 1.95. The Morgan fingerprint density at radius 1 is 1.19 bits per heavy atom. The number of aromatic nitrogens is 3. The van der Waals surface area contributed by atoms with Gasteiger partial charge in [-0.15, -0.1) is 5.10 Å². The van der Waals surface area contributed by atoms with Crippen molar-refractivity contribution in [2.45, 2.75) is 62.6 Å². The molecule has 1 heterocycles. The lowest BCUT2D eigenvalue weighted by molar-refractivity contribution is -0.119. The minimum Gasteiger partial charge on any atom is -0.352 e. The predicted octanol–water partition coefficient (Wildman–Crippen LogP) is 3.93. The summed E-state index contributed by atoms with van der Waals surface area (Å²) in [6.45, 7) is 2.24. The number of carbonyl (C=O) groups excluding carboxylic acids is 1. The van der Waals surface area contributed by atoms with Crippen molar-refractivity contribution in [1.82, 2.24) is 20.1 Å². The third-order valence-electron chi connectivity index (χ3n) is 5.35. The van der Waals surface area contributed by atoms with Gasteiger partial charge in [0, 0.05) is 12.0 Å². The highest BCUT2D eigenvalue weighted by Crippen LogP contribution is 2.40. The Balaban J connectivity index is 1.40. The highest BCUT2D eigenvalue weighted by molar-refractivity contribution is 7.99. The van der Waals surface area contributed by atoms with Gasteiger partial charge in [-0.25, -0.2) is 9.67 Å². The van der Waals surface area contributed by atoms with Gasteiger partial charge in [-0.05, 0) is 43.7 Å². The fourth-order valence-electron chi connectivity index (χ4n) is 3.64. The van der Waals surface area contributed by atoms with E-state index in [0.717, 1.165) is 17.9 Å². The molecule has 0 spiro atoms. The molecule has 1 amide bonds. The maximum Gasteiger partial charge on any atom is 0.230 e. The summed E-state index contributed by atoms with van der Waals surface area (Å²) in [6.07, 6.45) is 7.17. The number of amides is 1. The van der Waals surface area contributed by atoms with Crippen LogP contribution in [0.25, 0.3) is 5.69 Å². The Hall–Kier alpha value is -1.82. The van der Waals surface area contributed by atoms with Crippen LogP contribution < -0.4 is 5.32 Å². The van der Waals surface area contributed by atoms with E-state index in [2.05, 4.69) is 17.3 Å². The topological polar surface area (TPSA) is 59.8 Å². The van der Waals surface area contributed by atoms with Gasteiger partial charge >= 0.3 is 0 Å². The van der Waals surface area contributed by atoms with Crippen LogP contribution in [0.1, 0.15) is 57.2 Å². The summed E-state index contributed by atoms with van der Waals surface area (Å²) in [4.78, 5) is 17.1. The van der Waals surface area contributed by atoms with Crippen molar-refractivity contribution < 1.29 is 4.79 Å². The molecule has 2 saturated carbocycles. The molecule has 1 aromatic heterocycles. The zero-order valence-corrected chi connectivity index (χ0v) is 16.0. The Labute approximate surface area is 159 Å². The zero-order chi connectivity index (χ0) is 17.9. The number of para-hydroxylation sites is 1. The van der Waals surface area contributed by atoms with Gasteiger partial charge in [-0.3, -0.25) is 4.79 Å². The van der Waals surface area contributed by atoms with Crippen LogP contribution in [0.15, 0.2) is 35.5 Å². The first-order chi connectivity index (χ1) is 12.7. The second kappa shape index (κ2) is 7.82. The molecule has 138 valence electrons. The van der Waals surface area contributed by atoms with E-state index in [9.17, 15) is 4.79 Å². The molecule has 0 bridgehead atoms. The lowest BCUT2D eigenvalue weighted by Crippen LogP contribution is -2.41. The third-order valence-corrected chi connectivity index (χ3v) is 6.18. The molecule has 26 heavy (non-hydrogen) atoms. The van der Waals surface area contributed by atoms with Crippen molar-refractivity contribution >= 4 is 17.7 Å². The van der Waals surface area contributed by atoms with E-state index >= 15 is 0 Å². The molecule has 2 aromatic rings. The minimum absolute atomic E-state index is 0.0952. The van der Waals surface area contributed by atoms with Gasteiger partial charge in [0.05, 0.1) is 11.4 Å². The average Bonchev–Trinajstić information content (AvgIpc) is 3.42. The first-order valence-corrected chi connectivity index (χ1v) is 10.6. The molecule has 0 saturated heterocycles. The normalized spacial score (nSPS) is 23.0. The number of hydrogen-bond acceptors (Lipinski definition) is 4. The number of benzene rings is 1. The number of nitrogens with one attached hydrogen (secondary N) is 1. The summed E-state index contributed by atoms with van der Waals surface area (Å²) in [6, 6.07) is 10.5. The molecule has 2 atom stereocenters. The molecule has 5 nitrogen and oxygen atoms in total. The fraction of sp³-hybridized carbons (Fsp3) is 0.550. The van der Waals surface area contributed by atoms with Crippen LogP contribution in [0, 0.1) is 5.92 Å². The van der Waals surface area contributed by atoms with Crippen molar-refractivity contribution in [3.63, 3.8) is 0 Å². The van der Waals surface area contributed by atoms with E-state index < -0.39 is 0 Å². The second-order valence-electron chi connectivity index (χ2n) is 7.50. The molecule has 4 rings (SSSR count). The first-order valence-electron chi connectivity index (χ1n) is 9.65. The summed E-state index contributed by atoms with van der Waals surface area (Å²) in [5, 5.41) is 8.57. The monoisotopic (exact) mass is 370 g/mol. The Morgan fingerprint density at radius 2 is 1.96 bits per heavy atom. The first kappa shape index (κ1) is 17.6. The molecule has 2 fully saturated rings. The molecule has 2 aliphatic rings. The van der Waals surface area contributed by atoms with Crippen LogP contribution in [-0.4, -0.2) is 32.5 Å². The summed E-state index contributed by atoms with van der Waals surface area (Å²) in [5.74, 6) is 2.59. The van der Waals surface area contributed by atoms with E-state index in [1.54, 1.807) is 0 Å². The van der Waals surface area contributed by atoms with E-state index in [1.807, 2.05) is 35.0 Å². The SMILES string of the molecule is C[C@@H]1CCCC[C@H]1NC(=O)CSc1nc(C2CC2)n(-c2ccccc2)n1. The highest BCUT2D eigenvalue weighted by atomic mass is 32.2. The van der Waals surface area contributed by atoms with Gasteiger partial charge in [0.2, 0.25) is 11.1 Å². The Bertz CT molecular complexity index is 756. The Morgan fingerprint density at radius 3 is 2.69 bits per heavy atom. The second-order valence-corrected chi connectivity index (χ2v) is 8.44. The van der Waals surface area contributed by atoms with Crippen molar-refractivity contribution in [3.05, 3.63) is 36.2 Å². The van der Waals surface area contributed by atoms with Gasteiger partial charge in [0.1, 0.15) is 5.82 Å². The van der Waals surface area contributed by atoms with Crippen LogP contribution in [0.2, 0.25) is 0 Å². The van der Waals surface area contributed by atoms with Crippen molar-refractivity contribution in [1.29, 1.82) is 0 Å². The molecular formula is C20H26N4OS. The number of rotatable bonds is 6. The lowest BCUT2D eigenvalue weighted by atomic mass is 9.86. The summed E-state index contributed by atoms with van der Waals surface area (Å²) >= 11 is 1.44. The molecule has 0 aliphatic heterocycles. The maximum absolute atomic E-state index is 12.3. The molecule has 1 aromatic carbocycles. The lowest BCUT2D eigenvalue weighted by Gasteiger charge is -2.29. The van der Waals surface area contributed by atoms with E-state index in [0.29, 0.717) is 28.8 Å². The number of nitrogens with zero attached hydrogens (tertiary/aromatic N) is 3. The highest BCUT2D eigenvalue weighted by Gasteiger charge is 2.30. The van der Waals surface area contributed by atoms with Crippen molar-refractivity contribution in [2.75, 3.05) is 5.75 Å². The number of thioether (sulfide) groups is 1. The van der Waals surface area contributed by atoms with Crippen molar-refractivity contribution in [3.8, 4) is 5.69 Å². The fourth-order valence-corrected chi connectivity index (χ4v) is 4.28. The molecule has 2 aliphatic carbocycles. The molecule has 1 N–H and O–H groups in total. The molecule has 0 unspecified atom stereocenters. The molecule has 0 radical (unpaired) electrons. The van der Waals surface area contributed by atoms with Crippen LogP contribution in [0.3, 0.4) is 0 Å². The Kier molecular flexibility index (Phi) is 5.29. The van der Waals surface area contributed by atoms with Crippen LogP contribution in [0.4, 0.5) is 0 Å². The third kappa shape index (κ3) is 4.11. The van der Waals surface area contributed by atoms with Crippen LogP contribution >= 0.6 is 11.8 Å². The van der Waals surface area contributed by atoms with Gasteiger partial charge in [-0.1, -0.05) is 49.7 Å². The quantitative estimate of drug-likeness (QED) is 0.783. The van der Waals surface area contributed by atoms with E-state index in [1.165, 1.54) is 43.9 Å². The smallest absolute Gasteiger partial charge is 0.230 e. The molecule has 6 heteroatoms. The van der Waals surface area contributed by atoms with Gasteiger partial charge in [-0.2, -0.15) is 0 Å². The zero-order valence-electron chi connectivity index (χ0n) is 15.2. The minimum atomic E-state index is 0.0952. The van der Waals surface area contributed by atoms with E-state index in [-0.39, 0.29) is 5.91 Å². The summed E-state index contributed by atoms with van der Waals surface area (Å²) in [5.41, 5.74) is 1.04. The number of hydrogen-bond donors (Lipinski definition) is 1. The van der Waals surface area contributed by atoms with Gasteiger partial charge in [0.25, 0.3) is 0 Å². The predicted molar refractivity (Wildman–Crippen MR) is 104 cm³/mol. The van der Waals surface area contributed by atoms with E-state index in [4.69, 9.17) is 4.98 Å². The van der Waals surface area contributed by atoms with Crippen LogP contribution in [0.5, 0.6) is 0 Å². The van der Waals surface area contributed by atoms with Crippen molar-refractivity contribution in [2.24, 2.45) is 5.92 Å². The molecular weight excluding hydrogens is 344 g/mol. The van der Waals surface area contributed by atoms with Gasteiger partial charge in [0.15, 0.2) is 0 Å². The van der Waals surface area contributed by atoms with Gasteiger partial charge < -0.3 is 5.32 Å². The largest absolute Gasteiger partial charge is 0.352 e. The number of carbonyl (C=O) groups is 1. The average molecular weight is 371 g/mol. The van der Waals surface area contributed by atoms with Crippen LogP contribution in [-0.2, 0) is 4.79 Å². The standard InChI is InChI=1S/C20H26N4OS/c1-14-7-5-6-10-17(14)21-18(25)13-26-20-22-19(15-11-12-15)24(23-20)16-8-3-2-4-9-16/h2-4,8-9,14-15,17H,5-7,10-13H2,1H3,(H,21,25)/t14-,17-/m1/s1.